The van der Waals surface area contributed by atoms with Crippen molar-refractivity contribution < 1.29 is 28.8 Å². The van der Waals surface area contributed by atoms with E-state index in [2.05, 4.69) is 0 Å². The van der Waals surface area contributed by atoms with Crippen molar-refractivity contribution in [3.8, 4) is 0 Å². The zero-order valence-electron chi connectivity index (χ0n) is 11.6. The van der Waals surface area contributed by atoms with Crippen molar-refractivity contribution in [2.75, 3.05) is 6.61 Å². The van der Waals surface area contributed by atoms with Crippen molar-refractivity contribution in [3.63, 3.8) is 0 Å². The van der Waals surface area contributed by atoms with E-state index in [-0.39, 0.29) is 12.4 Å². The normalized spacial score (nSPS) is 45.9. The number of hydrogen-bond donors (Lipinski definition) is 1. The molecule has 1 aromatic rings. The molecule has 3 aliphatic heterocycles. The Morgan fingerprint density at radius 1 is 1.00 bits per heavy atom. The minimum absolute atomic E-state index is 0.349. The van der Waals surface area contributed by atoms with Gasteiger partial charge in [0, 0.05) is 5.56 Å². The van der Waals surface area contributed by atoms with Crippen LogP contribution < -0.4 is 0 Å². The van der Waals surface area contributed by atoms with E-state index in [0.717, 1.165) is 5.56 Å². The van der Waals surface area contributed by atoms with Crippen molar-refractivity contribution in [2.24, 2.45) is 0 Å². The quantitative estimate of drug-likeness (QED) is 0.832. The molecule has 0 spiro atoms. The van der Waals surface area contributed by atoms with Crippen LogP contribution in [0, 0.1) is 0 Å². The van der Waals surface area contributed by atoms with Gasteiger partial charge in [-0.15, -0.1) is 0 Å². The summed E-state index contributed by atoms with van der Waals surface area (Å²) in [6.07, 6.45) is -3.60. The lowest BCUT2D eigenvalue weighted by Crippen LogP contribution is -2.60. The Labute approximate surface area is 122 Å². The number of benzene rings is 1. The summed E-state index contributed by atoms with van der Waals surface area (Å²) in [5.74, 6) is 0. The predicted octanol–water partition coefficient (Wildman–Crippen LogP) is 0.948. The van der Waals surface area contributed by atoms with E-state index in [1.807, 2.05) is 30.3 Å². The van der Waals surface area contributed by atoms with Crippen molar-refractivity contribution in [3.05, 3.63) is 35.9 Å². The largest absolute Gasteiger partial charge is 0.387 e. The van der Waals surface area contributed by atoms with Crippen molar-refractivity contribution in [1.29, 1.82) is 0 Å². The van der Waals surface area contributed by atoms with E-state index < -0.39 is 30.9 Å². The third kappa shape index (κ3) is 2.38. The Morgan fingerprint density at radius 3 is 2.62 bits per heavy atom. The second-order valence-electron chi connectivity index (χ2n) is 5.51. The molecule has 0 radical (unpaired) electrons. The molecule has 4 rings (SSSR count). The molecule has 0 aliphatic carbocycles. The van der Waals surface area contributed by atoms with Gasteiger partial charge in [0.15, 0.2) is 18.9 Å². The van der Waals surface area contributed by atoms with Crippen LogP contribution in [-0.2, 0) is 23.7 Å². The Bertz CT molecular complexity index is 494. The number of rotatable bonds is 1. The Morgan fingerprint density at radius 2 is 1.81 bits per heavy atom. The van der Waals surface area contributed by atoms with Gasteiger partial charge in [-0.1, -0.05) is 30.3 Å². The molecular formula is C15H18O6. The molecule has 3 saturated heterocycles. The van der Waals surface area contributed by atoms with Gasteiger partial charge in [-0.25, -0.2) is 0 Å². The molecule has 0 bridgehead atoms. The molecule has 21 heavy (non-hydrogen) atoms. The first-order chi connectivity index (χ1) is 10.2. The molecule has 7 atom stereocenters. The lowest BCUT2D eigenvalue weighted by Gasteiger charge is -2.44. The Balaban J connectivity index is 1.52. The standard InChI is InChI=1S/C15H18O6/c1-8-18-13-11(16)12-10(20-15(13)19-8)7-17-14(21-12)9-5-3-2-4-6-9/h2-6,8,10-16H,7H2,1H3/t8?,10?,11?,12-,13?,14?,15+/m1/s1. The van der Waals surface area contributed by atoms with E-state index >= 15 is 0 Å². The molecule has 0 saturated carbocycles. The molecule has 5 unspecified atom stereocenters. The van der Waals surface area contributed by atoms with E-state index in [0.29, 0.717) is 6.61 Å². The zero-order valence-corrected chi connectivity index (χ0v) is 11.6. The summed E-state index contributed by atoms with van der Waals surface area (Å²) in [4.78, 5) is 0. The molecule has 1 aromatic carbocycles. The predicted molar refractivity (Wildman–Crippen MR) is 70.1 cm³/mol. The summed E-state index contributed by atoms with van der Waals surface area (Å²) in [6, 6.07) is 9.65. The first-order valence-electron chi connectivity index (χ1n) is 7.19. The lowest BCUT2D eigenvalue weighted by atomic mass is 9.98. The number of aliphatic hydroxyl groups excluding tert-OH is 1. The van der Waals surface area contributed by atoms with Crippen LogP contribution in [0.3, 0.4) is 0 Å². The van der Waals surface area contributed by atoms with Crippen LogP contribution in [-0.4, -0.2) is 48.7 Å². The highest BCUT2D eigenvalue weighted by molar-refractivity contribution is 5.16. The topological polar surface area (TPSA) is 66.4 Å². The van der Waals surface area contributed by atoms with Gasteiger partial charge < -0.3 is 28.8 Å². The molecule has 0 amide bonds. The molecule has 0 aromatic heterocycles. The Hall–Kier alpha value is -1.02. The van der Waals surface area contributed by atoms with E-state index in [9.17, 15) is 5.11 Å². The van der Waals surface area contributed by atoms with Gasteiger partial charge >= 0.3 is 0 Å². The Kier molecular flexibility index (Phi) is 3.45. The minimum Gasteiger partial charge on any atom is -0.387 e. The summed E-state index contributed by atoms with van der Waals surface area (Å²) in [6.45, 7) is 2.13. The van der Waals surface area contributed by atoms with Crippen LogP contribution in [0.5, 0.6) is 0 Å². The maximum absolute atomic E-state index is 10.5. The third-order valence-corrected chi connectivity index (χ3v) is 4.06. The maximum Gasteiger partial charge on any atom is 0.190 e. The maximum atomic E-state index is 10.5. The van der Waals surface area contributed by atoms with Gasteiger partial charge in [-0.05, 0) is 6.92 Å². The van der Waals surface area contributed by atoms with Crippen LogP contribution in [0.15, 0.2) is 30.3 Å². The van der Waals surface area contributed by atoms with Gasteiger partial charge in [0.1, 0.15) is 24.4 Å². The SMILES string of the molecule is CC1OC2C(O)[C@@H]3OC(c4ccccc4)OCC3O[C@@H]2O1. The summed E-state index contributed by atoms with van der Waals surface area (Å²) < 4.78 is 28.4. The minimum atomic E-state index is -0.797. The van der Waals surface area contributed by atoms with Crippen LogP contribution >= 0.6 is 0 Å². The van der Waals surface area contributed by atoms with Gasteiger partial charge in [-0.3, -0.25) is 0 Å². The molecule has 114 valence electrons. The highest BCUT2D eigenvalue weighted by Gasteiger charge is 2.53. The van der Waals surface area contributed by atoms with Crippen LogP contribution in [0.4, 0.5) is 0 Å². The summed E-state index contributed by atoms with van der Waals surface area (Å²) in [7, 11) is 0. The zero-order chi connectivity index (χ0) is 14.4. The second-order valence-corrected chi connectivity index (χ2v) is 5.51. The van der Waals surface area contributed by atoms with Gasteiger partial charge in [0.25, 0.3) is 0 Å². The fourth-order valence-electron chi connectivity index (χ4n) is 3.04. The third-order valence-electron chi connectivity index (χ3n) is 4.06. The van der Waals surface area contributed by atoms with Crippen molar-refractivity contribution >= 4 is 0 Å². The lowest BCUT2D eigenvalue weighted by molar-refractivity contribution is -0.338. The highest BCUT2D eigenvalue weighted by atomic mass is 16.8. The van der Waals surface area contributed by atoms with Crippen molar-refractivity contribution in [2.45, 2.75) is 50.2 Å². The number of aliphatic hydroxyl groups is 1. The molecule has 3 fully saturated rings. The average Bonchev–Trinajstić information content (AvgIpc) is 2.89. The molecule has 6 nitrogen and oxygen atoms in total. The second kappa shape index (κ2) is 5.31. The van der Waals surface area contributed by atoms with Crippen LogP contribution in [0.2, 0.25) is 0 Å². The smallest absolute Gasteiger partial charge is 0.190 e. The fourth-order valence-corrected chi connectivity index (χ4v) is 3.04. The molecule has 1 N–H and O–H groups in total. The monoisotopic (exact) mass is 294 g/mol. The molecular weight excluding hydrogens is 276 g/mol. The van der Waals surface area contributed by atoms with Crippen LogP contribution in [0.1, 0.15) is 18.8 Å². The van der Waals surface area contributed by atoms with E-state index in [4.69, 9.17) is 23.7 Å². The summed E-state index contributed by atoms with van der Waals surface area (Å²) in [5.41, 5.74) is 0.919. The van der Waals surface area contributed by atoms with Gasteiger partial charge in [-0.2, -0.15) is 0 Å². The summed E-state index contributed by atoms with van der Waals surface area (Å²) >= 11 is 0. The van der Waals surface area contributed by atoms with Crippen molar-refractivity contribution in [1.82, 2.24) is 0 Å². The van der Waals surface area contributed by atoms with Gasteiger partial charge in [0.05, 0.1) is 6.61 Å². The molecule has 3 aliphatic rings. The molecule has 6 heteroatoms. The van der Waals surface area contributed by atoms with Crippen LogP contribution in [0.25, 0.3) is 0 Å². The van der Waals surface area contributed by atoms with E-state index in [1.54, 1.807) is 6.92 Å². The number of fused-ring (bicyclic) bond motifs is 2. The van der Waals surface area contributed by atoms with Gasteiger partial charge in [0.2, 0.25) is 0 Å². The number of ether oxygens (including phenoxy) is 5. The highest BCUT2D eigenvalue weighted by Crippen LogP contribution is 2.37. The summed E-state index contributed by atoms with van der Waals surface area (Å²) in [5, 5.41) is 10.5. The fraction of sp³-hybridized carbons (Fsp3) is 0.600. The first kappa shape index (κ1) is 13.6. The number of hydrogen-bond acceptors (Lipinski definition) is 6. The first-order valence-corrected chi connectivity index (χ1v) is 7.19. The molecule has 3 heterocycles. The van der Waals surface area contributed by atoms with E-state index in [1.165, 1.54) is 0 Å². The average molecular weight is 294 g/mol.